The van der Waals surface area contributed by atoms with E-state index in [9.17, 15) is 9.59 Å². The van der Waals surface area contributed by atoms with E-state index in [0.29, 0.717) is 18.9 Å². The molecule has 19 heavy (non-hydrogen) atoms. The van der Waals surface area contributed by atoms with Gasteiger partial charge in [-0.15, -0.1) is 11.3 Å². The predicted octanol–water partition coefficient (Wildman–Crippen LogP) is 2.85. The van der Waals surface area contributed by atoms with Crippen LogP contribution in [-0.4, -0.2) is 28.9 Å². The molecule has 0 aliphatic rings. The van der Waals surface area contributed by atoms with Gasteiger partial charge < -0.3 is 10.0 Å². The van der Waals surface area contributed by atoms with Gasteiger partial charge in [0.05, 0.1) is 0 Å². The van der Waals surface area contributed by atoms with Crippen molar-refractivity contribution in [1.82, 2.24) is 4.90 Å². The minimum Gasteiger partial charge on any atom is -0.478 e. The molecular weight excluding hydrogens is 262 g/mol. The Morgan fingerprint density at radius 2 is 2.16 bits per heavy atom. The van der Waals surface area contributed by atoms with Crippen molar-refractivity contribution in [2.75, 3.05) is 7.05 Å². The van der Waals surface area contributed by atoms with Gasteiger partial charge in [-0.1, -0.05) is 13.8 Å². The summed E-state index contributed by atoms with van der Waals surface area (Å²) in [7, 11) is 1.79. The molecule has 0 aliphatic carbocycles. The van der Waals surface area contributed by atoms with E-state index in [1.54, 1.807) is 18.0 Å². The molecule has 0 bridgehead atoms. The van der Waals surface area contributed by atoms with Gasteiger partial charge in [0.25, 0.3) is 0 Å². The van der Waals surface area contributed by atoms with Gasteiger partial charge in [-0.05, 0) is 29.0 Å². The van der Waals surface area contributed by atoms with E-state index in [1.165, 1.54) is 11.3 Å². The van der Waals surface area contributed by atoms with Crippen LogP contribution < -0.4 is 0 Å². The van der Waals surface area contributed by atoms with Crippen LogP contribution in [0.5, 0.6) is 0 Å². The van der Waals surface area contributed by atoms with Gasteiger partial charge in [0.15, 0.2) is 0 Å². The zero-order valence-corrected chi connectivity index (χ0v) is 12.2. The van der Waals surface area contributed by atoms with Crippen molar-refractivity contribution < 1.29 is 14.7 Å². The first-order valence-electron chi connectivity index (χ1n) is 6.11. The average Bonchev–Trinajstić information content (AvgIpc) is 2.73. The number of rotatable bonds is 6. The molecule has 1 heterocycles. The largest absolute Gasteiger partial charge is 0.478 e. The Kier molecular flexibility index (Phi) is 5.76. The fraction of sp³-hybridized carbons (Fsp3) is 0.429. The van der Waals surface area contributed by atoms with Gasteiger partial charge in [0.2, 0.25) is 5.91 Å². The Morgan fingerprint density at radius 3 is 2.74 bits per heavy atom. The lowest BCUT2D eigenvalue weighted by atomic mass is 10.1. The van der Waals surface area contributed by atoms with Crippen LogP contribution in [0.4, 0.5) is 0 Å². The second-order valence-corrected chi connectivity index (χ2v) is 5.82. The highest BCUT2D eigenvalue weighted by molar-refractivity contribution is 7.11. The molecular formula is C14H19NO3S. The Balaban J connectivity index is 2.58. The summed E-state index contributed by atoms with van der Waals surface area (Å²) >= 11 is 1.47. The molecule has 0 fully saturated rings. The number of nitrogens with zero attached hydrogens (tertiary/aromatic N) is 1. The summed E-state index contributed by atoms with van der Waals surface area (Å²) in [4.78, 5) is 24.8. The third kappa shape index (κ3) is 5.70. The van der Waals surface area contributed by atoms with E-state index in [-0.39, 0.29) is 5.91 Å². The maximum atomic E-state index is 11.8. The van der Waals surface area contributed by atoms with Crippen LogP contribution in [0.2, 0.25) is 0 Å². The van der Waals surface area contributed by atoms with Gasteiger partial charge in [-0.25, -0.2) is 4.79 Å². The lowest BCUT2D eigenvalue weighted by Crippen LogP contribution is -2.26. The average molecular weight is 281 g/mol. The highest BCUT2D eigenvalue weighted by atomic mass is 32.1. The summed E-state index contributed by atoms with van der Waals surface area (Å²) in [5, 5.41) is 10.5. The number of carbonyl (C=O) groups is 2. The Hall–Kier alpha value is -1.62. The van der Waals surface area contributed by atoms with E-state index >= 15 is 0 Å². The molecule has 1 N–H and O–H groups in total. The number of aliphatic carboxylic acids is 1. The molecule has 4 nitrogen and oxygen atoms in total. The van der Waals surface area contributed by atoms with Crippen LogP contribution in [0.1, 0.15) is 30.7 Å². The second kappa shape index (κ2) is 7.09. The second-order valence-electron chi connectivity index (χ2n) is 4.88. The minimum absolute atomic E-state index is 0.129. The summed E-state index contributed by atoms with van der Waals surface area (Å²) in [6.45, 7) is 4.60. The van der Waals surface area contributed by atoms with Crippen molar-refractivity contribution in [2.24, 2.45) is 5.92 Å². The number of hydrogen-bond acceptors (Lipinski definition) is 3. The third-order valence-corrected chi connectivity index (χ3v) is 3.44. The third-order valence-electron chi connectivity index (χ3n) is 2.49. The molecule has 0 saturated heterocycles. The predicted molar refractivity (Wildman–Crippen MR) is 76.9 cm³/mol. The highest BCUT2D eigenvalue weighted by Gasteiger charge is 2.11. The van der Waals surface area contributed by atoms with E-state index < -0.39 is 5.97 Å². The molecule has 5 heteroatoms. The van der Waals surface area contributed by atoms with Gasteiger partial charge in [-0.3, -0.25) is 4.79 Å². The summed E-state index contributed by atoms with van der Waals surface area (Å²) in [5.74, 6) is -0.477. The molecule has 0 atom stereocenters. The molecule has 1 aromatic rings. The van der Waals surface area contributed by atoms with E-state index in [2.05, 4.69) is 0 Å². The SMILES string of the molecule is CC(C)CC(=O)N(C)Cc1csc(C=CC(=O)O)c1. The molecule has 0 unspecified atom stereocenters. The number of carbonyl (C=O) groups excluding carboxylic acids is 1. The van der Waals surface area contributed by atoms with Crippen LogP contribution in [0, 0.1) is 5.92 Å². The molecule has 1 aromatic heterocycles. The molecule has 1 amide bonds. The van der Waals surface area contributed by atoms with Gasteiger partial charge in [-0.2, -0.15) is 0 Å². The fourth-order valence-electron chi connectivity index (χ4n) is 1.59. The van der Waals surface area contributed by atoms with Crippen molar-refractivity contribution >= 4 is 29.3 Å². The fourth-order valence-corrected chi connectivity index (χ4v) is 2.38. The van der Waals surface area contributed by atoms with E-state index in [1.807, 2.05) is 25.3 Å². The lowest BCUT2D eigenvalue weighted by molar-refractivity contribution is -0.132. The van der Waals surface area contributed by atoms with Crippen molar-refractivity contribution in [3.05, 3.63) is 28.0 Å². The first-order chi connectivity index (χ1) is 8.88. The normalized spacial score (nSPS) is 11.2. The maximum Gasteiger partial charge on any atom is 0.328 e. The topological polar surface area (TPSA) is 57.6 Å². The lowest BCUT2D eigenvalue weighted by Gasteiger charge is -2.17. The zero-order valence-electron chi connectivity index (χ0n) is 11.4. The number of amides is 1. The van der Waals surface area contributed by atoms with Crippen LogP contribution >= 0.6 is 11.3 Å². The zero-order chi connectivity index (χ0) is 14.4. The molecule has 0 spiro atoms. The summed E-state index contributed by atoms with van der Waals surface area (Å²) in [6.07, 6.45) is 3.22. The van der Waals surface area contributed by atoms with E-state index in [0.717, 1.165) is 16.5 Å². The molecule has 104 valence electrons. The number of thiophene rings is 1. The van der Waals surface area contributed by atoms with Crippen molar-refractivity contribution in [3.8, 4) is 0 Å². The molecule has 1 rings (SSSR count). The quantitative estimate of drug-likeness (QED) is 0.816. The van der Waals surface area contributed by atoms with Crippen LogP contribution in [0.15, 0.2) is 17.5 Å². The highest BCUT2D eigenvalue weighted by Crippen LogP contribution is 2.18. The summed E-state index contributed by atoms with van der Waals surface area (Å²) in [5.41, 5.74) is 1.02. The van der Waals surface area contributed by atoms with Gasteiger partial charge in [0, 0.05) is 31.0 Å². The molecule has 0 saturated carbocycles. The van der Waals surface area contributed by atoms with Crippen LogP contribution in [0.25, 0.3) is 6.08 Å². The van der Waals surface area contributed by atoms with Crippen LogP contribution in [0.3, 0.4) is 0 Å². The smallest absolute Gasteiger partial charge is 0.328 e. The molecule has 0 aliphatic heterocycles. The Bertz CT molecular complexity index is 477. The van der Waals surface area contributed by atoms with Crippen molar-refractivity contribution in [1.29, 1.82) is 0 Å². The Morgan fingerprint density at radius 1 is 1.47 bits per heavy atom. The standard InChI is InChI=1S/C14H19NO3S/c1-10(2)6-13(16)15(3)8-11-7-12(19-9-11)4-5-14(17)18/h4-5,7,9-10H,6,8H2,1-3H3,(H,17,18). The maximum absolute atomic E-state index is 11.8. The minimum atomic E-state index is -0.959. The van der Waals surface area contributed by atoms with Crippen LogP contribution in [-0.2, 0) is 16.1 Å². The van der Waals surface area contributed by atoms with E-state index in [4.69, 9.17) is 5.11 Å². The van der Waals surface area contributed by atoms with Gasteiger partial charge in [0.1, 0.15) is 0 Å². The monoisotopic (exact) mass is 281 g/mol. The van der Waals surface area contributed by atoms with Gasteiger partial charge >= 0.3 is 5.97 Å². The molecule has 0 aromatic carbocycles. The first kappa shape index (κ1) is 15.4. The van der Waals surface area contributed by atoms with Crippen molar-refractivity contribution in [2.45, 2.75) is 26.8 Å². The molecule has 0 radical (unpaired) electrons. The summed E-state index contributed by atoms with van der Waals surface area (Å²) in [6, 6.07) is 1.91. The first-order valence-corrected chi connectivity index (χ1v) is 6.99. The summed E-state index contributed by atoms with van der Waals surface area (Å²) < 4.78 is 0. The van der Waals surface area contributed by atoms with Crippen molar-refractivity contribution in [3.63, 3.8) is 0 Å². The number of carboxylic acids is 1. The number of hydrogen-bond donors (Lipinski definition) is 1. The number of carboxylic acid groups (broad SMARTS) is 1. The Labute approximate surface area is 117 Å².